The summed E-state index contributed by atoms with van der Waals surface area (Å²) in [5, 5.41) is 0. The van der Waals surface area contributed by atoms with E-state index < -0.39 is 0 Å². The molecule has 1 aromatic carbocycles. The van der Waals surface area contributed by atoms with Crippen LogP contribution >= 0.6 is 0 Å². The summed E-state index contributed by atoms with van der Waals surface area (Å²) in [4.78, 5) is 2.51. The Balaban J connectivity index is 2.12. The van der Waals surface area contributed by atoms with Crippen LogP contribution in [0, 0.1) is 0 Å². The Kier molecular flexibility index (Phi) is 3.97. The molecular weight excluding hydrogens is 196 g/mol. The van der Waals surface area contributed by atoms with Crippen LogP contribution in [0.5, 0.6) is 0 Å². The number of hydrogen-bond donors (Lipinski definition) is 1. The fourth-order valence-electron chi connectivity index (χ4n) is 2.52. The van der Waals surface area contributed by atoms with E-state index in [9.17, 15) is 0 Å². The van der Waals surface area contributed by atoms with Crippen LogP contribution in [0.3, 0.4) is 0 Å². The lowest BCUT2D eigenvalue weighted by Crippen LogP contribution is -2.31. The first-order chi connectivity index (χ1) is 7.85. The van der Waals surface area contributed by atoms with E-state index in [1.54, 1.807) is 0 Å². The molecule has 1 saturated heterocycles. The lowest BCUT2D eigenvalue weighted by atomic mass is 10.0. The Morgan fingerprint density at radius 2 is 1.81 bits per heavy atom. The molecule has 0 bridgehead atoms. The van der Waals surface area contributed by atoms with E-state index >= 15 is 0 Å². The van der Waals surface area contributed by atoms with Gasteiger partial charge in [-0.2, -0.15) is 0 Å². The summed E-state index contributed by atoms with van der Waals surface area (Å²) in [5.74, 6) is 0. The maximum atomic E-state index is 5.91. The summed E-state index contributed by atoms with van der Waals surface area (Å²) in [7, 11) is 0. The van der Waals surface area contributed by atoms with E-state index in [2.05, 4.69) is 36.1 Å². The molecule has 1 aliphatic rings. The van der Waals surface area contributed by atoms with Crippen molar-refractivity contribution in [2.45, 2.75) is 32.2 Å². The van der Waals surface area contributed by atoms with Crippen LogP contribution in [-0.4, -0.2) is 24.5 Å². The molecule has 0 aliphatic carbocycles. The minimum Gasteiger partial charge on any atom is -0.329 e. The predicted molar refractivity (Wildman–Crippen MR) is 68.4 cm³/mol. The molecule has 1 atom stereocenters. The molecule has 2 N–H and O–H groups in total. The smallest absolute Gasteiger partial charge is 0.0470 e. The molecule has 0 saturated carbocycles. The molecule has 2 rings (SSSR count). The molecular formula is C14H22N2. The van der Waals surface area contributed by atoms with Crippen molar-refractivity contribution in [2.24, 2.45) is 5.73 Å². The quantitative estimate of drug-likeness (QED) is 0.840. The summed E-state index contributed by atoms with van der Waals surface area (Å²) >= 11 is 0. The van der Waals surface area contributed by atoms with Gasteiger partial charge >= 0.3 is 0 Å². The highest BCUT2D eigenvalue weighted by atomic mass is 15.2. The Morgan fingerprint density at radius 3 is 2.31 bits per heavy atom. The van der Waals surface area contributed by atoms with Gasteiger partial charge in [0.25, 0.3) is 0 Å². The fraction of sp³-hybridized carbons (Fsp3) is 0.571. The lowest BCUT2D eigenvalue weighted by Gasteiger charge is -2.26. The van der Waals surface area contributed by atoms with Crippen molar-refractivity contribution >= 4 is 0 Å². The van der Waals surface area contributed by atoms with Crippen LogP contribution in [0.25, 0.3) is 0 Å². The molecule has 0 aromatic heterocycles. The number of hydrogen-bond acceptors (Lipinski definition) is 2. The van der Waals surface area contributed by atoms with Gasteiger partial charge in [-0.25, -0.2) is 0 Å². The zero-order valence-corrected chi connectivity index (χ0v) is 10.2. The Bertz CT molecular complexity index is 312. The highest BCUT2D eigenvalue weighted by molar-refractivity contribution is 5.25. The van der Waals surface area contributed by atoms with Crippen molar-refractivity contribution in [1.82, 2.24) is 4.90 Å². The predicted octanol–water partition coefficient (Wildman–Crippen LogP) is 2.34. The molecule has 16 heavy (non-hydrogen) atoms. The van der Waals surface area contributed by atoms with Crippen molar-refractivity contribution in [2.75, 3.05) is 19.6 Å². The van der Waals surface area contributed by atoms with E-state index in [4.69, 9.17) is 5.73 Å². The minimum atomic E-state index is 0.424. The van der Waals surface area contributed by atoms with Gasteiger partial charge in [-0.3, -0.25) is 4.90 Å². The summed E-state index contributed by atoms with van der Waals surface area (Å²) in [6.07, 6.45) is 3.75. The Hall–Kier alpha value is -0.860. The van der Waals surface area contributed by atoms with Crippen LogP contribution in [-0.2, 0) is 6.42 Å². The van der Waals surface area contributed by atoms with Crippen LogP contribution in [0.15, 0.2) is 24.3 Å². The zero-order valence-electron chi connectivity index (χ0n) is 10.2. The SMILES string of the molecule is CCc1ccc([C@H](CN)N2CCCC2)cc1. The number of rotatable bonds is 4. The van der Waals surface area contributed by atoms with Gasteiger partial charge in [-0.15, -0.1) is 0 Å². The fourth-order valence-corrected chi connectivity index (χ4v) is 2.52. The number of benzene rings is 1. The van der Waals surface area contributed by atoms with Gasteiger partial charge in [0.05, 0.1) is 0 Å². The molecule has 2 nitrogen and oxygen atoms in total. The molecule has 1 aromatic rings. The van der Waals surface area contributed by atoms with Crippen molar-refractivity contribution in [3.05, 3.63) is 35.4 Å². The second-order valence-electron chi connectivity index (χ2n) is 4.59. The van der Waals surface area contributed by atoms with Gasteiger partial charge in [0.2, 0.25) is 0 Å². The molecule has 1 fully saturated rings. The highest BCUT2D eigenvalue weighted by Gasteiger charge is 2.21. The van der Waals surface area contributed by atoms with Gasteiger partial charge in [-0.05, 0) is 43.5 Å². The van der Waals surface area contributed by atoms with E-state index in [0.717, 1.165) is 13.0 Å². The number of likely N-dealkylation sites (tertiary alicyclic amines) is 1. The van der Waals surface area contributed by atoms with E-state index in [0.29, 0.717) is 6.04 Å². The first kappa shape index (κ1) is 11.6. The first-order valence-electron chi connectivity index (χ1n) is 6.38. The van der Waals surface area contributed by atoms with Crippen molar-refractivity contribution in [3.8, 4) is 0 Å². The van der Waals surface area contributed by atoms with E-state index in [1.165, 1.54) is 37.1 Å². The van der Waals surface area contributed by atoms with Gasteiger partial charge in [-0.1, -0.05) is 31.2 Å². The maximum absolute atomic E-state index is 5.91. The molecule has 0 amide bonds. The van der Waals surface area contributed by atoms with Crippen LogP contribution in [0.2, 0.25) is 0 Å². The van der Waals surface area contributed by atoms with Gasteiger partial charge in [0.15, 0.2) is 0 Å². The van der Waals surface area contributed by atoms with Gasteiger partial charge in [0, 0.05) is 12.6 Å². The zero-order chi connectivity index (χ0) is 11.4. The Labute approximate surface area is 98.4 Å². The van der Waals surface area contributed by atoms with Crippen molar-refractivity contribution in [3.63, 3.8) is 0 Å². The maximum Gasteiger partial charge on any atom is 0.0470 e. The number of nitrogens with two attached hydrogens (primary N) is 1. The highest BCUT2D eigenvalue weighted by Crippen LogP contribution is 2.24. The van der Waals surface area contributed by atoms with E-state index in [1.807, 2.05) is 0 Å². The average molecular weight is 218 g/mol. The normalized spacial score (nSPS) is 18.9. The molecule has 1 heterocycles. The summed E-state index contributed by atoms with van der Waals surface area (Å²) in [5.41, 5.74) is 8.69. The largest absolute Gasteiger partial charge is 0.329 e. The van der Waals surface area contributed by atoms with E-state index in [-0.39, 0.29) is 0 Å². The molecule has 1 aliphatic heterocycles. The second kappa shape index (κ2) is 5.46. The molecule has 0 unspecified atom stereocenters. The molecule has 2 heteroatoms. The van der Waals surface area contributed by atoms with Crippen molar-refractivity contribution in [1.29, 1.82) is 0 Å². The third kappa shape index (κ3) is 2.45. The Morgan fingerprint density at radius 1 is 1.19 bits per heavy atom. The van der Waals surface area contributed by atoms with Gasteiger partial charge in [0.1, 0.15) is 0 Å². The second-order valence-corrected chi connectivity index (χ2v) is 4.59. The molecule has 88 valence electrons. The topological polar surface area (TPSA) is 29.3 Å². The molecule has 0 spiro atoms. The first-order valence-corrected chi connectivity index (χ1v) is 6.38. The van der Waals surface area contributed by atoms with Crippen LogP contribution < -0.4 is 5.73 Å². The molecule has 0 radical (unpaired) electrons. The standard InChI is InChI=1S/C14H22N2/c1-2-12-5-7-13(8-6-12)14(11-15)16-9-3-4-10-16/h5-8,14H,2-4,9-11,15H2,1H3/t14-/m0/s1. The number of nitrogens with zero attached hydrogens (tertiary/aromatic N) is 1. The number of aryl methyl sites for hydroxylation is 1. The third-order valence-electron chi connectivity index (χ3n) is 3.58. The van der Waals surface area contributed by atoms with Crippen LogP contribution in [0.4, 0.5) is 0 Å². The van der Waals surface area contributed by atoms with Crippen molar-refractivity contribution < 1.29 is 0 Å². The average Bonchev–Trinajstić information content (AvgIpc) is 2.85. The summed E-state index contributed by atoms with van der Waals surface area (Å²) in [6, 6.07) is 9.37. The lowest BCUT2D eigenvalue weighted by molar-refractivity contribution is 0.251. The minimum absolute atomic E-state index is 0.424. The monoisotopic (exact) mass is 218 g/mol. The third-order valence-corrected chi connectivity index (χ3v) is 3.58. The van der Waals surface area contributed by atoms with Crippen LogP contribution in [0.1, 0.15) is 36.9 Å². The summed E-state index contributed by atoms with van der Waals surface area (Å²) in [6.45, 7) is 5.33. The summed E-state index contributed by atoms with van der Waals surface area (Å²) < 4.78 is 0. The van der Waals surface area contributed by atoms with Gasteiger partial charge < -0.3 is 5.73 Å².